The Morgan fingerprint density at radius 1 is 1.07 bits per heavy atom. The first-order chi connectivity index (χ1) is 12.7. The maximum Gasteiger partial charge on any atom is 0.164 e. The lowest BCUT2D eigenvalue weighted by atomic mass is 9.63. The molecule has 1 aromatic carbocycles. The van der Waals surface area contributed by atoms with Gasteiger partial charge in [0.2, 0.25) is 0 Å². The Hall–Kier alpha value is -1.26. The molecule has 1 aliphatic carbocycles. The van der Waals surface area contributed by atoms with Crippen LogP contribution in [0.15, 0.2) is 12.1 Å². The maximum atomic E-state index is 6.53. The SMILES string of the molecule is COc1c(C[C@@]23CCC(C)(C)C[C@@H]2CC(OC)O3)ccc(C(C)C)c1OC. The summed E-state index contributed by atoms with van der Waals surface area (Å²) in [5, 5.41) is 0. The molecule has 2 aliphatic rings. The summed E-state index contributed by atoms with van der Waals surface area (Å²) in [5.41, 5.74) is 2.54. The smallest absolute Gasteiger partial charge is 0.164 e. The van der Waals surface area contributed by atoms with Crippen molar-refractivity contribution in [1.29, 1.82) is 0 Å². The second-order valence-electron chi connectivity index (χ2n) is 9.36. The van der Waals surface area contributed by atoms with Gasteiger partial charge < -0.3 is 18.9 Å². The van der Waals surface area contributed by atoms with Crippen LogP contribution >= 0.6 is 0 Å². The molecule has 1 aromatic rings. The lowest BCUT2D eigenvalue weighted by Gasteiger charge is -2.45. The van der Waals surface area contributed by atoms with E-state index in [1.165, 1.54) is 24.0 Å². The highest BCUT2D eigenvalue weighted by Gasteiger charge is 2.53. The van der Waals surface area contributed by atoms with Crippen molar-refractivity contribution < 1.29 is 18.9 Å². The Kier molecular flexibility index (Phi) is 5.79. The average Bonchev–Trinajstić information content (AvgIpc) is 2.97. The zero-order valence-electron chi connectivity index (χ0n) is 18.1. The predicted molar refractivity (Wildman–Crippen MR) is 108 cm³/mol. The van der Waals surface area contributed by atoms with Gasteiger partial charge in [-0.05, 0) is 36.5 Å². The number of benzene rings is 1. The second-order valence-corrected chi connectivity index (χ2v) is 9.36. The summed E-state index contributed by atoms with van der Waals surface area (Å²) in [5.74, 6) is 2.60. The average molecular weight is 377 g/mol. The lowest BCUT2D eigenvalue weighted by molar-refractivity contribution is -0.171. The lowest BCUT2D eigenvalue weighted by Crippen LogP contribution is -2.45. The van der Waals surface area contributed by atoms with Crippen molar-refractivity contribution in [2.24, 2.45) is 11.3 Å². The van der Waals surface area contributed by atoms with E-state index in [0.29, 0.717) is 17.3 Å². The number of methoxy groups -OCH3 is 3. The highest BCUT2D eigenvalue weighted by molar-refractivity contribution is 5.53. The third-order valence-electron chi connectivity index (χ3n) is 6.62. The van der Waals surface area contributed by atoms with Crippen LogP contribution in [0.1, 0.15) is 70.4 Å². The van der Waals surface area contributed by atoms with E-state index in [4.69, 9.17) is 18.9 Å². The fourth-order valence-corrected chi connectivity index (χ4v) is 5.09. The molecular weight excluding hydrogens is 340 g/mol. The highest BCUT2D eigenvalue weighted by Crippen LogP contribution is 2.54. The third kappa shape index (κ3) is 3.84. The van der Waals surface area contributed by atoms with Crippen LogP contribution in [0.4, 0.5) is 0 Å². The van der Waals surface area contributed by atoms with Gasteiger partial charge in [0.25, 0.3) is 0 Å². The van der Waals surface area contributed by atoms with E-state index in [-0.39, 0.29) is 11.9 Å². The molecule has 1 aliphatic heterocycles. The minimum Gasteiger partial charge on any atom is -0.493 e. The van der Waals surface area contributed by atoms with E-state index < -0.39 is 0 Å². The Bertz CT molecular complexity index is 667. The molecule has 2 fully saturated rings. The zero-order valence-corrected chi connectivity index (χ0v) is 18.1. The van der Waals surface area contributed by atoms with Gasteiger partial charge in [0.15, 0.2) is 17.8 Å². The molecule has 4 heteroatoms. The van der Waals surface area contributed by atoms with Crippen molar-refractivity contribution in [2.75, 3.05) is 21.3 Å². The highest BCUT2D eigenvalue weighted by atomic mass is 16.7. The van der Waals surface area contributed by atoms with Crippen LogP contribution in [0.5, 0.6) is 11.5 Å². The minimum absolute atomic E-state index is 0.105. The summed E-state index contributed by atoms with van der Waals surface area (Å²) in [7, 11) is 5.21. The van der Waals surface area contributed by atoms with Gasteiger partial charge in [0.05, 0.1) is 19.8 Å². The quantitative estimate of drug-likeness (QED) is 0.673. The van der Waals surface area contributed by atoms with Crippen LogP contribution in [-0.2, 0) is 15.9 Å². The van der Waals surface area contributed by atoms with Gasteiger partial charge in [-0.25, -0.2) is 0 Å². The molecule has 3 rings (SSSR count). The van der Waals surface area contributed by atoms with Crippen molar-refractivity contribution >= 4 is 0 Å². The van der Waals surface area contributed by atoms with E-state index in [1.807, 2.05) is 0 Å². The molecule has 4 nitrogen and oxygen atoms in total. The Labute approximate surface area is 164 Å². The standard InChI is InChI=1S/C23H36O4/c1-15(2)18-9-8-16(20(25-6)21(18)26-7)13-23-11-10-22(3,4)14-17(23)12-19(24-5)27-23/h8-9,15,17,19H,10-14H2,1-7H3/t17-,19?,23-/m0/s1. The molecule has 0 amide bonds. The molecule has 1 heterocycles. The molecule has 152 valence electrons. The molecule has 0 spiro atoms. The van der Waals surface area contributed by atoms with Crippen molar-refractivity contribution in [3.63, 3.8) is 0 Å². The molecule has 3 atom stereocenters. The van der Waals surface area contributed by atoms with Crippen LogP contribution in [0.2, 0.25) is 0 Å². The molecule has 0 N–H and O–H groups in total. The number of hydrogen-bond acceptors (Lipinski definition) is 4. The largest absolute Gasteiger partial charge is 0.493 e. The first kappa shape index (κ1) is 20.5. The van der Waals surface area contributed by atoms with E-state index >= 15 is 0 Å². The van der Waals surface area contributed by atoms with Crippen LogP contribution in [-0.4, -0.2) is 33.2 Å². The normalized spacial score (nSPS) is 29.6. The van der Waals surface area contributed by atoms with Crippen molar-refractivity contribution in [1.82, 2.24) is 0 Å². The van der Waals surface area contributed by atoms with Gasteiger partial charge in [-0.3, -0.25) is 0 Å². The zero-order chi connectivity index (χ0) is 19.8. The molecule has 27 heavy (non-hydrogen) atoms. The number of rotatable bonds is 6. The summed E-state index contributed by atoms with van der Waals surface area (Å²) in [6.07, 6.45) is 5.11. The monoisotopic (exact) mass is 376 g/mol. The first-order valence-electron chi connectivity index (χ1n) is 10.2. The topological polar surface area (TPSA) is 36.9 Å². The van der Waals surface area contributed by atoms with Gasteiger partial charge in [-0.15, -0.1) is 0 Å². The summed E-state index contributed by atoms with van der Waals surface area (Å²) in [4.78, 5) is 0. The Balaban J connectivity index is 1.97. The molecule has 0 radical (unpaired) electrons. The number of fused-ring (bicyclic) bond motifs is 1. The molecule has 0 bridgehead atoms. The minimum atomic E-state index is -0.173. The number of ether oxygens (including phenoxy) is 4. The molecular formula is C23H36O4. The Morgan fingerprint density at radius 3 is 2.37 bits per heavy atom. The van der Waals surface area contributed by atoms with Gasteiger partial charge in [-0.2, -0.15) is 0 Å². The predicted octanol–water partition coefficient (Wildman–Crippen LogP) is 5.33. The van der Waals surface area contributed by atoms with E-state index in [9.17, 15) is 0 Å². The van der Waals surface area contributed by atoms with Gasteiger partial charge in [0.1, 0.15) is 0 Å². The van der Waals surface area contributed by atoms with Crippen LogP contribution < -0.4 is 9.47 Å². The fraction of sp³-hybridized carbons (Fsp3) is 0.739. The summed E-state index contributed by atoms with van der Waals surface area (Å²) >= 11 is 0. The van der Waals surface area contributed by atoms with E-state index in [1.54, 1.807) is 21.3 Å². The molecule has 1 saturated carbocycles. The molecule has 1 saturated heterocycles. The van der Waals surface area contributed by atoms with Crippen LogP contribution in [0.25, 0.3) is 0 Å². The van der Waals surface area contributed by atoms with Crippen molar-refractivity contribution in [3.8, 4) is 11.5 Å². The van der Waals surface area contributed by atoms with E-state index in [2.05, 4.69) is 39.8 Å². The van der Waals surface area contributed by atoms with Gasteiger partial charge >= 0.3 is 0 Å². The number of hydrogen-bond donors (Lipinski definition) is 0. The summed E-state index contributed by atoms with van der Waals surface area (Å²) in [6, 6.07) is 4.38. The molecule has 1 unspecified atom stereocenters. The molecule has 0 aromatic heterocycles. The van der Waals surface area contributed by atoms with E-state index in [0.717, 1.165) is 30.8 Å². The van der Waals surface area contributed by atoms with Crippen LogP contribution in [0, 0.1) is 11.3 Å². The van der Waals surface area contributed by atoms with Crippen molar-refractivity contribution in [3.05, 3.63) is 23.3 Å². The van der Waals surface area contributed by atoms with Gasteiger partial charge in [-0.1, -0.05) is 39.8 Å². The summed E-state index contributed by atoms with van der Waals surface area (Å²) < 4.78 is 23.7. The van der Waals surface area contributed by atoms with Gasteiger partial charge in [0, 0.05) is 31.1 Å². The summed E-state index contributed by atoms with van der Waals surface area (Å²) in [6.45, 7) is 9.10. The fourth-order valence-electron chi connectivity index (χ4n) is 5.09. The van der Waals surface area contributed by atoms with Crippen molar-refractivity contribution in [2.45, 2.75) is 77.6 Å². The Morgan fingerprint density at radius 2 is 1.78 bits per heavy atom. The second kappa shape index (κ2) is 7.63. The third-order valence-corrected chi connectivity index (χ3v) is 6.62. The van der Waals surface area contributed by atoms with Crippen LogP contribution in [0.3, 0.4) is 0 Å². The first-order valence-corrected chi connectivity index (χ1v) is 10.2. The maximum absolute atomic E-state index is 6.53.